The number of nitrogens with zero attached hydrogens (tertiary/aromatic N) is 2. The van der Waals surface area contributed by atoms with Crippen LogP contribution in [0.4, 0.5) is 13.2 Å². The predicted molar refractivity (Wildman–Crippen MR) is 113 cm³/mol. The van der Waals surface area contributed by atoms with E-state index in [1.54, 1.807) is 19.3 Å². The SMILES string of the molecule is CCC[C@H](C(O)c1cnccc1OC(C)C)N(C)C(=O)COc1ccc(C(F)(F)F)cc1. The Morgan fingerprint density at radius 1 is 1.19 bits per heavy atom. The predicted octanol–water partition coefficient (Wildman–Crippen LogP) is 4.63. The molecule has 0 aliphatic carbocycles. The van der Waals surface area contributed by atoms with Gasteiger partial charge in [-0.2, -0.15) is 13.2 Å². The van der Waals surface area contributed by atoms with E-state index in [4.69, 9.17) is 9.47 Å². The number of rotatable bonds is 10. The molecule has 1 aromatic carbocycles. The number of pyridine rings is 1. The van der Waals surface area contributed by atoms with Crippen molar-refractivity contribution in [1.29, 1.82) is 0 Å². The molecule has 2 rings (SSSR count). The van der Waals surface area contributed by atoms with Crippen LogP contribution in [-0.4, -0.2) is 46.7 Å². The third kappa shape index (κ3) is 6.85. The highest BCUT2D eigenvalue weighted by molar-refractivity contribution is 5.78. The van der Waals surface area contributed by atoms with E-state index in [2.05, 4.69) is 4.98 Å². The molecule has 176 valence electrons. The summed E-state index contributed by atoms with van der Waals surface area (Å²) in [7, 11) is 1.56. The zero-order valence-electron chi connectivity index (χ0n) is 18.6. The summed E-state index contributed by atoms with van der Waals surface area (Å²) in [6.07, 6.45) is -1.29. The molecular formula is C23H29F3N2O4. The second-order valence-electron chi connectivity index (χ2n) is 7.70. The Hall–Kier alpha value is -2.81. The Labute approximate surface area is 186 Å². The lowest BCUT2D eigenvalue weighted by atomic mass is 9.98. The van der Waals surface area contributed by atoms with Crippen molar-refractivity contribution < 1.29 is 32.5 Å². The molecular weight excluding hydrogens is 425 g/mol. The van der Waals surface area contributed by atoms with Gasteiger partial charge in [-0.3, -0.25) is 9.78 Å². The van der Waals surface area contributed by atoms with Gasteiger partial charge in [0.2, 0.25) is 0 Å². The summed E-state index contributed by atoms with van der Waals surface area (Å²) < 4.78 is 49.2. The first kappa shape index (κ1) is 25.5. The van der Waals surface area contributed by atoms with Crippen LogP contribution in [-0.2, 0) is 11.0 Å². The van der Waals surface area contributed by atoms with Crippen molar-refractivity contribution in [3.05, 3.63) is 53.9 Å². The van der Waals surface area contributed by atoms with Crippen molar-refractivity contribution in [2.45, 2.75) is 58.0 Å². The summed E-state index contributed by atoms with van der Waals surface area (Å²) in [5, 5.41) is 11.1. The first-order valence-electron chi connectivity index (χ1n) is 10.4. The Kier molecular flexibility index (Phi) is 8.89. The van der Waals surface area contributed by atoms with E-state index in [1.165, 1.54) is 23.2 Å². The quantitative estimate of drug-likeness (QED) is 0.567. The van der Waals surface area contributed by atoms with E-state index in [-0.39, 0.29) is 18.5 Å². The van der Waals surface area contributed by atoms with Crippen LogP contribution in [0.3, 0.4) is 0 Å². The third-order valence-corrected chi connectivity index (χ3v) is 4.88. The van der Waals surface area contributed by atoms with Gasteiger partial charge in [-0.1, -0.05) is 13.3 Å². The van der Waals surface area contributed by atoms with E-state index in [1.807, 2.05) is 20.8 Å². The van der Waals surface area contributed by atoms with Gasteiger partial charge in [0.05, 0.1) is 17.7 Å². The molecule has 1 aromatic heterocycles. The number of carbonyl (C=O) groups is 1. The molecule has 32 heavy (non-hydrogen) atoms. The molecule has 0 saturated heterocycles. The minimum Gasteiger partial charge on any atom is -0.491 e. The summed E-state index contributed by atoms with van der Waals surface area (Å²) in [6.45, 7) is 5.30. The highest BCUT2D eigenvalue weighted by Crippen LogP contribution is 2.32. The third-order valence-electron chi connectivity index (χ3n) is 4.88. The van der Waals surface area contributed by atoms with E-state index in [9.17, 15) is 23.1 Å². The summed E-state index contributed by atoms with van der Waals surface area (Å²) >= 11 is 0. The number of alkyl halides is 3. The number of carbonyl (C=O) groups excluding carboxylic acids is 1. The largest absolute Gasteiger partial charge is 0.491 e. The first-order valence-corrected chi connectivity index (χ1v) is 10.4. The maximum atomic E-state index is 12.7. The van der Waals surface area contributed by atoms with Crippen LogP contribution < -0.4 is 9.47 Å². The number of benzene rings is 1. The monoisotopic (exact) mass is 454 g/mol. The molecule has 0 saturated carbocycles. The van der Waals surface area contributed by atoms with Gasteiger partial charge in [0.1, 0.15) is 17.6 Å². The fourth-order valence-electron chi connectivity index (χ4n) is 3.22. The molecule has 6 nitrogen and oxygen atoms in total. The average molecular weight is 454 g/mol. The number of amides is 1. The first-order chi connectivity index (χ1) is 15.0. The van der Waals surface area contributed by atoms with Crippen molar-refractivity contribution in [3.63, 3.8) is 0 Å². The molecule has 0 aliphatic rings. The highest BCUT2D eigenvalue weighted by Gasteiger charge is 2.31. The zero-order valence-corrected chi connectivity index (χ0v) is 18.6. The fourth-order valence-corrected chi connectivity index (χ4v) is 3.22. The zero-order chi connectivity index (χ0) is 23.9. The van der Waals surface area contributed by atoms with Gasteiger partial charge >= 0.3 is 6.18 Å². The Bertz CT molecular complexity index is 872. The lowest BCUT2D eigenvalue weighted by molar-refractivity contribution is -0.138. The van der Waals surface area contributed by atoms with Gasteiger partial charge < -0.3 is 19.5 Å². The normalized spacial score (nSPS) is 13.5. The standard InChI is InChI=1S/C23H29F3N2O4/c1-5-6-19(22(30)18-13-27-12-11-20(18)32-15(2)3)28(4)21(29)14-31-17-9-7-16(8-10-17)23(24,25)26/h7-13,15,19,22,30H,5-6,14H2,1-4H3/t19-,22?/m1/s1. The van der Waals surface area contributed by atoms with Crippen molar-refractivity contribution in [2.75, 3.05) is 13.7 Å². The lowest BCUT2D eigenvalue weighted by Crippen LogP contribution is -2.43. The molecule has 1 amide bonds. The number of hydrogen-bond acceptors (Lipinski definition) is 5. The number of aromatic nitrogens is 1. The highest BCUT2D eigenvalue weighted by atomic mass is 19.4. The van der Waals surface area contributed by atoms with Gasteiger partial charge in [0, 0.05) is 25.0 Å². The van der Waals surface area contributed by atoms with Crippen LogP contribution in [0, 0.1) is 0 Å². The van der Waals surface area contributed by atoms with Gasteiger partial charge in [-0.15, -0.1) is 0 Å². The van der Waals surface area contributed by atoms with Gasteiger partial charge in [0.15, 0.2) is 6.61 Å². The van der Waals surface area contributed by atoms with Crippen LogP contribution in [0.25, 0.3) is 0 Å². The summed E-state index contributed by atoms with van der Waals surface area (Å²) in [6, 6.07) is 5.22. The summed E-state index contributed by atoms with van der Waals surface area (Å²) in [5.41, 5.74) is -0.321. The Morgan fingerprint density at radius 3 is 2.41 bits per heavy atom. The van der Waals surface area contributed by atoms with Crippen LogP contribution in [0.1, 0.15) is 50.8 Å². The summed E-state index contributed by atoms with van der Waals surface area (Å²) in [5.74, 6) is 0.218. The minimum atomic E-state index is -4.44. The minimum absolute atomic E-state index is 0.107. The molecule has 0 fully saturated rings. The number of halogens is 3. The molecule has 0 bridgehead atoms. The number of likely N-dealkylation sites (N-methyl/N-ethyl adjacent to an activating group) is 1. The number of hydrogen-bond donors (Lipinski definition) is 1. The Balaban J connectivity index is 2.10. The summed E-state index contributed by atoms with van der Waals surface area (Å²) in [4.78, 5) is 18.2. The van der Waals surface area contributed by atoms with Gasteiger partial charge in [-0.25, -0.2) is 0 Å². The molecule has 0 radical (unpaired) electrons. The molecule has 2 aromatic rings. The molecule has 1 unspecified atom stereocenters. The Morgan fingerprint density at radius 2 is 1.84 bits per heavy atom. The van der Waals surface area contributed by atoms with E-state index >= 15 is 0 Å². The molecule has 9 heteroatoms. The van der Waals surface area contributed by atoms with Crippen LogP contribution in [0.15, 0.2) is 42.7 Å². The van der Waals surface area contributed by atoms with Gasteiger partial charge in [0.25, 0.3) is 5.91 Å². The van der Waals surface area contributed by atoms with E-state index < -0.39 is 29.8 Å². The second kappa shape index (κ2) is 11.2. The van der Waals surface area contributed by atoms with Crippen molar-refractivity contribution >= 4 is 5.91 Å². The number of ether oxygens (including phenoxy) is 2. The van der Waals surface area contributed by atoms with Crippen molar-refractivity contribution in [1.82, 2.24) is 9.88 Å². The number of aliphatic hydroxyl groups is 1. The maximum Gasteiger partial charge on any atom is 0.416 e. The van der Waals surface area contributed by atoms with Gasteiger partial charge in [-0.05, 0) is 50.6 Å². The fraction of sp³-hybridized carbons (Fsp3) is 0.478. The molecule has 0 spiro atoms. The lowest BCUT2D eigenvalue weighted by Gasteiger charge is -2.32. The van der Waals surface area contributed by atoms with E-state index in [0.717, 1.165) is 12.1 Å². The smallest absolute Gasteiger partial charge is 0.416 e. The molecule has 1 heterocycles. The van der Waals surface area contributed by atoms with Crippen LogP contribution >= 0.6 is 0 Å². The molecule has 0 aliphatic heterocycles. The molecule has 1 N–H and O–H groups in total. The second-order valence-corrected chi connectivity index (χ2v) is 7.70. The van der Waals surface area contributed by atoms with Crippen molar-refractivity contribution in [2.24, 2.45) is 0 Å². The van der Waals surface area contributed by atoms with E-state index in [0.29, 0.717) is 24.2 Å². The maximum absolute atomic E-state index is 12.7. The van der Waals surface area contributed by atoms with Crippen LogP contribution in [0.5, 0.6) is 11.5 Å². The topological polar surface area (TPSA) is 71.9 Å². The average Bonchev–Trinajstić information content (AvgIpc) is 2.74. The number of aliphatic hydroxyl groups excluding tert-OH is 1. The van der Waals surface area contributed by atoms with Crippen molar-refractivity contribution in [3.8, 4) is 11.5 Å². The van der Waals surface area contributed by atoms with Crippen LogP contribution in [0.2, 0.25) is 0 Å². The molecule has 2 atom stereocenters.